The van der Waals surface area contributed by atoms with Crippen LogP contribution in [0.1, 0.15) is 11.1 Å². The van der Waals surface area contributed by atoms with Crippen LogP contribution in [0.25, 0.3) is 0 Å². The van der Waals surface area contributed by atoms with Crippen molar-refractivity contribution >= 4 is 29.0 Å². The normalized spacial score (nSPS) is 13.4. The summed E-state index contributed by atoms with van der Waals surface area (Å²) >= 11 is 12.4. The second-order valence-electron chi connectivity index (χ2n) is 4.98. The number of nitrogens with zero attached hydrogens (tertiary/aromatic N) is 1. The minimum atomic E-state index is 0.249. The molecule has 3 rings (SSSR count). The number of rotatable bonds is 5. The number of methoxy groups -OCH3 is 1. The molecule has 0 aliphatic carbocycles. The number of para-hydroxylation sites is 1. The molecule has 0 saturated heterocycles. The third-order valence-corrected chi connectivity index (χ3v) is 4.26. The van der Waals surface area contributed by atoms with Gasteiger partial charge in [-0.2, -0.15) is 0 Å². The van der Waals surface area contributed by atoms with Gasteiger partial charge in [0.2, 0.25) is 0 Å². The first-order valence-corrected chi connectivity index (χ1v) is 7.97. The Morgan fingerprint density at radius 3 is 2.52 bits per heavy atom. The second kappa shape index (κ2) is 7.11. The van der Waals surface area contributed by atoms with Crippen LogP contribution in [0.3, 0.4) is 0 Å². The van der Waals surface area contributed by atoms with Crippen LogP contribution in [0, 0.1) is 0 Å². The van der Waals surface area contributed by atoms with Gasteiger partial charge >= 0.3 is 0 Å². The third-order valence-electron chi connectivity index (χ3n) is 3.55. The maximum absolute atomic E-state index is 6.20. The zero-order chi connectivity index (χ0) is 16.2. The maximum Gasteiger partial charge on any atom is 0.172 e. The summed E-state index contributed by atoms with van der Waals surface area (Å²) < 4.78 is 11.4. The number of amidine groups is 1. The van der Waals surface area contributed by atoms with Crippen LogP contribution in [0.5, 0.6) is 11.5 Å². The van der Waals surface area contributed by atoms with E-state index in [1.807, 2.05) is 18.2 Å². The molecule has 0 saturated carbocycles. The third kappa shape index (κ3) is 3.38. The summed E-state index contributed by atoms with van der Waals surface area (Å²) in [6, 6.07) is 11.1. The number of hydrogen-bond donors (Lipinski definition) is 1. The first kappa shape index (κ1) is 16.0. The molecule has 0 atom stereocenters. The van der Waals surface area contributed by atoms with E-state index in [4.69, 9.17) is 32.7 Å². The predicted molar refractivity (Wildman–Crippen MR) is 93.2 cm³/mol. The molecule has 120 valence electrons. The van der Waals surface area contributed by atoms with Crippen molar-refractivity contribution in [2.24, 2.45) is 4.99 Å². The smallest absolute Gasteiger partial charge is 0.172 e. The van der Waals surface area contributed by atoms with Crippen LogP contribution >= 0.6 is 23.2 Å². The molecule has 0 spiro atoms. The first-order chi connectivity index (χ1) is 11.2. The van der Waals surface area contributed by atoms with Gasteiger partial charge in [-0.1, -0.05) is 35.3 Å². The average Bonchev–Trinajstić information content (AvgIpc) is 3.08. The molecule has 1 heterocycles. The van der Waals surface area contributed by atoms with E-state index in [2.05, 4.69) is 10.3 Å². The van der Waals surface area contributed by atoms with E-state index < -0.39 is 0 Å². The molecule has 1 N–H and O–H groups in total. The van der Waals surface area contributed by atoms with Crippen LogP contribution in [-0.2, 0) is 6.61 Å². The fourth-order valence-electron chi connectivity index (χ4n) is 2.40. The Labute approximate surface area is 145 Å². The van der Waals surface area contributed by atoms with E-state index in [0.29, 0.717) is 21.5 Å². The molecular formula is C17H16Cl2N2O2. The molecule has 0 radical (unpaired) electrons. The van der Waals surface area contributed by atoms with Crippen molar-refractivity contribution in [3.8, 4) is 11.5 Å². The van der Waals surface area contributed by atoms with Gasteiger partial charge < -0.3 is 14.8 Å². The Morgan fingerprint density at radius 2 is 1.87 bits per heavy atom. The molecule has 0 unspecified atom stereocenters. The highest BCUT2D eigenvalue weighted by molar-refractivity contribution is 6.35. The van der Waals surface area contributed by atoms with E-state index in [1.54, 1.807) is 25.3 Å². The Hall–Kier alpha value is -1.91. The van der Waals surface area contributed by atoms with Crippen molar-refractivity contribution in [3.63, 3.8) is 0 Å². The number of benzene rings is 2. The quantitative estimate of drug-likeness (QED) is 0.888. The van der Waals surface area contributed by atoms with Crippen molar-refractivity contribution in [2.75, 3.05) is 20.2 Å². The molecule has 23 heavy (non-hydrogen) atoms. The van der Waals surface area contributed by atoms with Crippen LogP contribution in [-0.4, -0.2) is 26.0 Å². The summed E-state index contributed by atoms with van der Waals surface area (Å²) in [6.07, 6.45) is 0. The molecule has 0 amide bonds. The SMILES string of the molecule is COc1cccc(C2=NCCN2)c1OCc1c(Cl)cccc1Cl. The highest BCUT2D eigenvalue weighted by Crippen LogP contribution is 2.34. The molecule has 4 nitrogen and oxygen atoms in total. The van der Waals surface area contributed by atoms with Crippen LogP contribution in [0.2, 0.25) is 10.0 Å². The van der Waals surface area contributed by atoms with Crippen molar-refractivity contribution in [1.82, 2.24) is 5.32 Å². The largest absolute Gasteiger partial charge is 0.493 e. The van der Waals surface area contributed by atoms with Crippen LogP contribution in [0.15, 0.2) is 41.4 Å². The Morgan fingerprint density at radius 1 is 1.13 bits per heavy atom. The van der Waals surface area contributed by atoms with Gasteiger partial charge in [0.15, 0.2) is 11.5 Å². The lowest BCUT2D eigenvalue weighted by Crippen LogP contribution is -2.20. The summed E-state index contributed by atoms with van der Waals surface area (Å²) in [5.41, 5.74) is 1.61. The predicted octanol–water partition coefficient (Wildman–Crippen LogP) is 3.93. The Kier molecular flexibility index (Phi) is 4.94. The van der Waals surface area contributed by atoms with Gasteiger partial charge in [0.05, 0.1) is 19.2 Å². The molecular weight excluding hydrogens is 335 g/mol. The Bertz CT molecular complexity index is 727. The fraction of sp³-hybridized carbons (Fsp3) is 0.235. The number of halogens is 2. The number of hydrogen-bond acceptors (Lipinski definition) is 4. The highest BCUT2D eigenvalue weighted by Gasteiger charge is 2.18. The van der Waals surface area contributed by atoms with Gasteiger partial charge in [-0.25, -0.2) is 0 Å². The highest BCUT2D eigenvalue weighted by atomic mass is 35.5. The van der Waals surface area contributed by atoms with E-state index >= 15 is 0 Å². The number of ether oxygens (including phenoxy) is 2. The minimum absolute atomic E-state index is 0.249. The van der Waals surface area contributed by atoms with Gasteiger partial charge in [-0.3, -0.25) is 4.99 Å². The molecule has 2 aromatic carbocycles. The maximum atomic E-state index is 6.20. The zero-order valence-corrected chi connectivity index (χ0v) is 14.1. The van der Waals surface area contributed by atoms with E-state index in [1.165, 1.54) is 0 Å². The molecule has 0 aromatic heterocycles. The van der Waals surface area contributed by atoms with Crippen molar-refractivity contribution in [3.05, 3.63) is 57.6 Å². The van der Waals surface area contributed by atoms with Gasteiger partial charge in [0, 0.05) is 22.2 Å². The van der Waals surface area contributed by atoms with Crippen molar-refractivity contribution in [2.45, 2.75) is 6.61 Å². The summed E-state index contributed by atoms with van der Waals surface area (Å²) in [7, 11) is 1.61. The Balaban J connectivity index is 1.92. The molecule has 6 heteroatoms. The molecule has 2 aromatic rings. The molecule has 0 bridgehead atoms. The summed E-state index contributed by atoms with van der Waals surface area (Å²) in [5, 5.41) is 4.40. The lowest BCUT2D eigenvalue weighted by molar-refractivity contribution is 0.284. The van der Waals surface area contributed by atoms with Crippen LogP contribution in [0.4, 0.5) is 0 Å². The molecule has 1 aliphatic heterocycles. The van der Waals surface area contributed by atoms with Crippen molar-refractivity contribution in [1.29, 1.82) is 0 Å². The number of aliphatic imine (C=N–C) groups is 1. The standard InChI is InChI=1S/C17H16Cl2N2O2/c1-22-15-7-2-4-11(17-20-8-9-21-17)16(15)23-10-12-13(18)5-3-6-14(12)19/h2-7H,8-10H2,1H3,(H,20,21). The number of nitrogens with one attached hydrogen (secondary N) is 1. The molecule has 1 aliphatic rings. The van der Waals surface area contributed by atoms with Gasteiger partial charge in [0.1, 0.15) is 12.4 Å². The molecule has 0 fully saturated rings. The summed E-state index contributed by atoms with van der Waals surface area (Å²) in [5.74, 6) is 2.07. The van der Waals surface area contributed by atoms with E-state index in [9.17, 15) is 0 Å². The van der Waals surface area contributed by atoms with E-state index in [-0.39, 0.29) is 6.61 Å². The van der Waals surface area contributed by atoms with Gasteiger partial charge in [-0.05, 0) is 24.3 Å². The van der Waals surface area contributed by atoms with Crippen molar-refractivity contribution < 1.29 is 9.47 Å². The summed E-state index contributed by atoms with van der Waals surface area (Å²) in [6.45, 7) is 1.82. The topological polar surface area (TPSA) is 42.8 Å². The van der Waals surface area contributed by atoms with Crippen LogP contribution < -0.4 is 14.8 Å². The fourth-order valence-corrected chi connectivity index (χ4v) is 2.91. The zero-order valence-electron chi connectivity index (χ0n) is 12.6. The average molecular weight is 351 g/mol. The first-order valence-electron chi connectivity index (χ1n) is 7.22. The van der Waals surface area contributed by atoms with Gasteiger partial charge in [-0.15, -0.1) is 0 Å². The minimum Gasteiger partial charge on any atom is -0.493 e. The monoisotopic (exact) mass is 350 g/mol. The lowest BCUT2D eigenvalue weighted by Gasteiger charge is -2.16. The van der Waals surface area contributed by atoms with Gasteiger partial charge in [0.25, 0.3) is 0 Å². The summed E-state index contributed by atoms with van der Waals surface area (Å²) in [4.78, 5) is 4.45. The lowest BCUT2D eigenvalue weighted by atomic mass is 10.1. The second-order valence-corrected chi connectivity index (χ2v) is 5.80. The van der Waals surface area contributed by atoms with E-state index in [0.717, 1.165) is 30.1 Å².